The van der Waals surface area contributed by atoms with E-state index in [9.17, 15) is 14.7 Å². The minimum absolute atomic E-state index is 0.364. The van der Waals surface area contributed by atoms with Crippen LogP contribution in [0, 0.1) is 5.41 Å². The van der Waals surface area contributed by atoms with E-state index in [1.165, 1.54) is 4.90 Å². The molecule has 0 aromatic heterocycles. The van der Waals surface area contributed by atoms with Crippen molar-refractivity contribution < 1.29 is 19.4 Å². The van der Waals surface area contributed by atoms with E-state index >= 15 is 0 Å². The second-order valence-corrected chi connectivity index (χ2v) is 6.78. The zero-order valence-electron chi connectivity index (χ0n) is 13.1. The zero-order valence-corrected chi connectivity index (χ0v) is 13.1. The van der Waals surface area contributed by atoms with Crippen molar-refractivity contribution in [2.24, 2.45) is 5.41 Å². The minimum atomic E-state index is -1.01. The Bertz CT molecular complexity index is 325. The van der Waals surface area contributed by atoms with E-state index in [0.29, 0.717) is 13.0 Å². The van der Waals surface area contributed by atoms with Crippen LogP contribution in [0.15, 0.2) is 0 Å². The van der Waals surface area contributed by atoms with E-state index in [0.717, 1.165) is 0 Å². The number of carboxylic acid groups (broad SMARTS) is 1. The highest BCUT2D eigenvalue weighted by Gasteiger charge is 2.40. The second-order valence-electron chi connectivity index (χ2n) is 6.78. The molecule has 1 N–H and O–H groups in total. The van der Waals surface area contributed by atoms with Crippen molar-refractivity contribution in [3.8, 4) is 0 Å². The number of carboxylic acids is 1. The van der Waals surface area contributed by atoms with Gasteiger partial charge in [0.2, 0.25) is 0 Å². The molecule has 112 valence electrons. The number of aliphatic carboxylic acids is 1. The standard InChI is InChI=1S/C14H27NO4/c1-8-9-15(12(18)19-14(5,6)7)10(11(16)17)13(2,3)4/h10H,8-9H2,1-7H3,(H,16,17). The van der Waals surface area contributed by atoms with Gasteiger partial charge in [-0.05, 0) is 32.6 Å². The van der Waals surface area contributed by atoms with Crippen LogP contribution in [-0.4, -0.2) is 40.3 Å². The highest BCUT2D eigenvalue weighted by atomic mass is 16.6. The van der Waals surface area contributed by atoms with Gasteiger partial charge in [-0.1, -0.05) is 27.7 Å². The molecule has 0 spiro atoms. The molecule has 0 aromatic carbocycles. The van der Waals surface area contributed by atoms with Crippen molar-refractivity contribution in [1.29, 1.82) is 0 Å². The molecule has 1 atom stereocenters. The Morgan fingerprint density at radius 3 is 1.89 bits per heavy atom. The monoisotopic (exact) mass is 273 g/mol. The molecule has 0 heterocycles. The molecule has 5 nitrogen and oxygen atoms in total. The SMILES string of the molecule is CCCN(C(=O)OC(C)(C)C)C(C(=O)O)C(C)(C)C. The van der Waals surface area contributed by atoms with Crippen LogP contribution in [0.2, 0.25) is 0 Å². The van der Waals surface area contributed by atoms with Crippen molar-refractivity contribution in [3.05, 3.63) is 0 Å². The van der Waals surface area contributed by atoms with Gasteiger partial charge in [0.05, 0.1) is 0 Å². The van der Waals surface area contributed by atoms with Gasteiger partial charge in [-0.2, -0.15) is 0 Å². The fourth-order valence-corrected chi connectivity index (χ4v) is 1.86. The summed E-state index contributed by atoms with van der Waals surface area (Å²) in [5.74, 6) is -1.01. The fourth-order valence-electron chi connectivity index (χ4n) is 1.86. The molecule has 0 saturated carbocycles. The van der Waals surface area contributed by atoms with Crippen molar-refractivity contribution in [1.82, 2.24) is 4.90 Å². The molecule has 0 rings (SSSR count). The van der Waals surface area contributed by atoms with Crippen LogP contribution < -0.4 is 0 Å². The summed E-state index contributed by atoms with van der Waals surface area (Å²) >= 11 is 0. The lowest BCUT2D eigenvalue weighted by Crippen LogP contribution is -2.53. The van der Waals surface area contributed by atoms with Gasteiger partial charge in [0.25, 0.3) is 0 Å². The third-order valence-corrected chi connectivity index (χ3v) is 2.46. The van der Waals surface area contributed by atoms with E-state index in [1.54, 1.807) is 41.5 Å². The molecule has 1 amide bonds. The normalized spacial score (nSPS) is 13.8. The van der Waals surface area contributed by atoms with Gasteiger partial charge in [0, 0.05) is 6.54 Å². The lowest BCUT2D eigenvalue weighted by Gasteiger charge is -2.37. The average Bonchev–Trinajstić information content (AvgIpc) is 2.11. The molecule has 1 unspecified atom stereocenters. The molecular weight excluding hydrogens is 246 g/mol. The molecule has 0 saturated heterocycles. The van der Waals surface area contributed by atoms with E-state index in [-0.39, 0.29) is 0 Å². The summed E-state index contributed by atoms with van der Waals surface area (Å²) in [5, 5.41) is 9.40. The summed E-state index contributed by atoms with van der Waals surface area (Å²) in [6, 6.07) is -0.901. The molecule has 0 fully saturated rings. The van der Waals surface area contributed by atoms with Gasteiger partial charge >= 0.3 is 12.1 Å². The van der Waals surface area contributed by atoms with Crippen LogP contribution in [0.25, 0.3) is 0 Å². The summed E-state index contributed by atoms with van der Waals surface area (Å²) in [6.07, 6.45) is 0.107. The average molecular weight is 273 g/mol. The van der Waals surface area contributed by atoms with Crippen molar-refractivity contribution >= 4 is 12.1 Å². The quantitative estimate of drug-likeness (QED) is 0.854. The topological polar surface area (TPSA) is 66.8 Å². The maximum Gasteiger partial charge on any atom is 0.411 e. The maximum atomic E-state index is 12.2. The van der Waals surface area contributed by atoms with Crippen LogP contribution in [-0.2, 0) is 9.53 Å². The largest absolute Gasteiger partial charge is 0.480 e. The number of carbonyl (C=O) groups is 2. The first-order chi connectivity index (χ1) is 8.40. The lowest BCUT2D eigenvalue weighted by atomic mass is 9.85. The molecule has 0 aliphatic heterocycles. The Labute approximate surface area is 115 Å². The molecule has 19 heavy (non-hydrogen) atoms. The number of ether oxygens (including phenoxy) is 1. The first-order valence-corrected chi connectivity index (χ1v) is 6.62. The summed E-state index contributed by atoms with van der Waals surface area (Å²) in [7, 11) is 0. The molecule has 0 aliphatic carbocycles. The Balaban J connectivity index is 5.27. The Morgan fingerprint density at radius 2 is 1.63 bits per heavy atom. The summed E-state index contributed by atoms with van der Waals surface area (Å²) < 4.78 is 5.30. The van der Waals surface area contributed by atoms with E-state index in [4.69, 9.17) is 4.74 Å². The zero-order chi connectivity index (χ0) is 15.4. The van der Waals surface area contributed by atoms with E-state index < -0.39 is 29.1 Å². The molecule has 0 bridgehead atoms. The number of rotatable bonds is 4. The second kappa shape index (κ2) is 6.26. The molecular formula is C14H27NO4. The Hall–Kier alpha value is -1.26. The van der Waals surface area contributed by atoms with Gasteiger partial charge in [-0.25, -0.2) is 9.59 Å². The predicted molar refractivity (Wildman–Crippen MR) is 74.1 cm³/mol. The van der Waals surface area contributed by atoms with E-state index in [2.05, 4.69) is 0 Å². The van der Waals surface area contributed by atoms with Gasteiger partial charge in [0.15, 0.2) is 0 Å². The van der Waals surface area contributed by atoms with Crippen LogP contribution in [0.5, 0.6) is 0 Å². The van der Waals surface area contributed by atoms with Crippen LogP contribution in [0.4, 0.5) is 4.79 Å². The van der Waals surface area contributed by atoms with Gasteiger partial charge in [-0.3, -0.25) is 4.90 Å². The summed E-state index contributed by atoms with van der Waals surface area (Å²) in [5.41, 5.74) is -1.19. The summed E-state index contributed by atoms with van der Waals surface area (Å²) in [4.78, 5) is 25.0. The number of hydrogen-bond donors (Lipinski definition) is 1. The summed E-state index contributed by atoms with van der Waals surface area (Å²) in [6.45, 7) is 13.0. The molecule has 0 aromatic rings. The van der Waals surface area contributed by atoms with Crippen LogP contribution in [0.3, 0.4) is 0 Å². The third-order valence-electron chi connectivity index (χ3n) is 2.46. The maximum absolute atomic E-state index is 12.2. The third kappa shape index (κ3) is 5.94. The van der Waals surface area contributed by atoms with Crippen molar-refractivity contribution in [2.45, 2.75) is 66.5 Å². The lowest BCUT2D eigenvalue weighted by molar-refractivity contribution is -0.147. The molecule has 5 heteroatoms. The van der Waals surface area contributed by atoms with Gasteiger partial charge in [-0.15, -0.1) is 0 Å². The first kappa shape index (κ1) is 17.7. The number of amides is 1. The highest BCUT2D eigenvalue weighted by Crippen LogP contribution is 2.26. The van der Waals surface area contributed by atoms with E-state index in [1.807, 2.05) is 6.92 Å². The van der Waals surface area contributed by atoms with Crippen LogP contribution >= 0.6 is 0 Å². The van der Waals surface area contributed by atoms with Gasteiger partial charge in [0.1, 0.15) is 11.6 Å². The fraction of sp³-hybridized carbons (Fsp3) is 0.857. The van der Waals surface area contributed by atoms with Gasteiger partial charge < -0.3 is 9.84 Å². The molecule has 0 radical (unpaired) electrons. The number of hydrogen-bond acceptors (Lipinski definition) is 3. The predicted octanol–water partition coefficient (Wildman–Crippen LogP) is 3.13. The van der Waals surface area contributed by atoms with Crippen molar-refractivity contribution in [2.75, 3.05) is 6.54 Å². The van der Waals surface area contributed by atoms with Crippen molar-refractivity contribution in [3.63, 3.8) is 0 Å². The number of nitrogens with zero attached hydrogens (tertiary/aromatic N) is 1. The molecule has 0 aliphatic rings. The Kier molecular flexibility index (Phi) is 5.84. The highest BCUT2D eigenvalue weighted by molar-refractivity contribution is 5.81. The first-order valence-electron chi connectivity index (χ1n) is 6.62. The van der Waals surface area contributed by atoms with Crippen LogP contribution in [0.1, 0.15) is 54.9 Å². The number of carbonyl (C=O) groups excluding carboxylic acids is 1. The minimum Gasteiger partial charge on any atom is -0.480 e. The smallest absolute Gasteiger partial charge is 0.411 e. The Morgan fingerprint density at radius 1 is 1.16 bits per heavy atom.